The van der Waals surface area contributed by atoms with Gasteiger partial charge in [0.05, 0.1) is 0 Å². The minimum atomic E-state index is -4.50. The van der Waals surface area contributed by atoms with Crippen LogP contribution < -0.4 is 5.56 Å². The topological polar surface area (TPSA) is 65.6 Å². The summed E-state index contributed by atoms with van der Waals surface area (Å²) in [6.45, 7) is -1.44. The first-order chi connectivity index (χ1) is 7.96. The second kappa shape index (κ2) is 4.00. The Morgan fingerprint density at radius 2 is 2.06 bits per heavy atom. The number of aromatic nitrogens is 5. The average Bonchev–Trinajstić information content (AvgIpc) is 2.72. The summed E-state index contributed by atoms with van der Waals surface area (Å²) in [5.74, 6) is 0.0892. The van der Waals surface area contributed by atoms with Gasteiger partial charge < -0.3 is 0 Å². The summed E-state index contributed by atoms with van der Waals surface area (Å²) >= 11 is 0. The summed E-state index contributed by atoms with van der Waals surface area (Å²) in [4.78, 5) is 14.8. The van der Waals surface area contributed by atoms with Gasteiger partial charge in [-0.1, -0.05) is 0 Å². The van der Waals surface area contributed by atoms with Crippen LogP contribution in [0.4, 0.5) is 13.2 Å². The molecule has 6 nitrogen and oxygen atoms in total. The van der Waals surface area contributed by atoms with Crippen LogP contribution in [0.1, 0.15) is 0 Å². The van der Waals surface area contributed by atoms with E-state index < -0.39 is 18.3 Å². The van der Waals surface area contributed by atoms with Gasteiger partial charge in [0.1, 0.15) is 19.2 Å². The van der Waals surface area contributed by atoms with E-state index in [9.17, 15) is 18.0 Å². The van der Waals surface area contributed by atoms with Gasteiger partial charge in [0, 0.05) is 6.07 Å². The van der Waals surface area contributed by atoms with Gasteiger partial charge >= 0.3 is 6.18 Å². The van der Waals surface area contributed by atoms with Crippen molar-refractivity contribution in [2.24, 2.45) is 0 Å². The van der Waals surface area contributed by atoms with E-state index in [0.29, 0.717) is 4.68 Å². The Bertz CT molecular complexity index is 559. The molecule has 0 unspecified atom stereocenters. The number of halogens is 3. The second-order valence-corrected chi connectivity index (χ2v) is 3.14. The maximum Gasteiger partial charge on any atom is 0.408 e. The fraction of sp³-hybridized carbons (Fsp3) is 0.250. The van der Waals surface area contributed by atoms with Crippen molar-refractivity contribution in [3.8, 4) is 5.82 Å². The molecule has 0 atom stereocenters. The summed E-state index contributed by atoms with van der Waals surface area (Å²) in [5.41, 5.74) is -0.828. The number of nitrogens with zero attached hydrogens (tertiary/aromatic N) is 5. The van der Waals surface area contributed by atoms with E-state index in [4.69, 9.17) is 0 Å². The normalized spacial score (nSPS) is 11.7. The smallest absolute Gasteiger partial charge is 0.268 e. The lowest BCUT2D eigenvalue weighted by Crippen LogP contribution is -2.30. The number of hydrogen-bond donors (Lipinski definition) is 0. The molecule has 2 heterocycles. The molecule has 0 radical (unpaired) electrons. The van der Waals surface area contributed by atoms with Crippen molar-refractivity contribution < 1.29 is 13.2 Å². The summed E-state index contributed by atoms with van der Waals surface area (Å²) in [6, 6.07) is 2.26. The first kappa shape index (κ1) is 11.3. The van der Waals surface area contributed by atoms with Crippen molar-refractivity contribution in [1.29, 1.82) is 0 Å². The predicted octanol–water partition coefficient (Wildman–Crippen LogP) is 0.386. The first-order valence-corrected chi connectivity index (χ1v) is 4.46. The quantitative estimate of drug-likeness (QED) is 0.767. The Labute approximate surface area is 92.3 Å². The van der Waals surface area contributed by atoms with Crippen LogP contribution in [0.5, 0.6) is 0 Å². The Balaban J connectivity index is 2.40. The molecule has 0 bridgehead atoms. The van der Waals surface area contributed by atoms with E-state index in [2.05, 4.69) is 15.2 Å². The zero-order chi connectivity index (χ0) is 12.5. The molecule has 2 aromatic rings. The van der Waals surface area contributed by atoms with Gasteiger partial charge in [0.15, 0.2) is 5.82 Å². The van der Waals surface area contributed by atoms with Gasteiger partial charge in [-0.25, -0.2) is 14.3 Å². The minimum absolute atomic E-state index is 0.0892. The molecule has 0 saturated carbocycles. The van der Waals surface area contributed by atoms with Gasteiger partial charge in [0.25, 0.3) is 5.56 Å². The van der Waals surface area contributed by atoms with Crippen LogP contribution in [-0.4, -0.2) is 30.7 Å². The van der Waals surface area contributed by atoms with Crippen molar-refractivity contribution >= 4 is 0 Å². The van der Waals surface area contributed by atoms with Crippen LogP contribution in [0.25, 0.3) is 5.82 Å². The van der Waals surface area contributed by atoms with E-state index in [1.165, 1.54) is 18.7 Å². The summed E-state index contributed by atoms with van der Waals surface area (Å²) < 4.78 is 38.0. The fourth-order valence-electron chi connectivity index (χ4n) is 1.17. The third-order valence-corrected chi connectivity index (χ3v) is 1.84. The largest absolute Gasteiger partial charge is 0.408 e. The minimum Gasteiger partial charge on any atom is -0.268 e. The molecular formula is C8H6F3N5O. The molecule has 0 aromatic carbocycles. The first-order valence-electron chi connectivity index (χ1n) is 4.46. The van der Waals surface area contributed by atoms with Gasteiger partial charge in [-0.3, -0.25) is 4.79 Å². The summed E-state index contributed by atoms with van der Waals surface area (Å²) in [5, 5.41) is 7.24. The highest BCUT2D eigenvalue weighted by molar-refractivity contribution is 5.16. The molecule has 17 heavy (non-hydrogen) atoms. The molecule has 0 aliphatic heterocycles. The van der Waals surface area contributed by atoms with E-state index in [1.807, 2.05) is 0 Å². The molecule has 2 aromatic heterocycles. The number of hydrogen-bond acceptors (Lipinski definition) is 4. The van der Waals surface area contributed by atoms with Crippen molar-refractivity contribution in [2.45, 2.75) is 12.7 Å². The molecule has 0 aliphatic carbocycles. The van der Waals surface area contributed by atoms with Crippen molar-refractivity contribution in [2.75, 3.05) is 0 Å². The van der Waals surface area contributed by atoms with Crippen LogP contribution in [0.2, 0.25) is 0 Å². The van der Waals surface area contributed by atoms with Crippen LogP contribution in [0.3, 0.4) is 0 Å². The van der Waals surface area contributed by atoms with E-state index in [-0.39, 0.29) is 5.82 Å². The molecule has 0 saturated heterocycles. The van der Waals surface area contributed by atoms with Crippen LogP contribution in [0, 0.1) is 0 Å². The van der Waals surface area contributed by atoms with Crippen LogP contribution >= 0.6 is 0 Å². The highest BCUT2D eigenvalue weighted by Gasteiger charge is 2.29. The Hall–Kier alpha value is -2.19. The predicted molar refractivity (Wildman–Crippen MR) is 49.5 cm³/mol. The Kier molecular flexibility index (Phi) is 2.66. The lowest BCUT2D eigenvalue weighted by Gasteiger charge is -2.08. The third kappa shape index (κ3) is 2.68. The average molecular weight is 245 g/mol. The van der Waals surface area contributed by atoms with E-state index in [0.717, 1.165) is 10.7 Å². The Morgan fingerprint density at radius 3 is 2.65 bits per heavy atom. The lowest BCUT2D eigenvalue weighted by atomic mass is 10.5. The monoisotopic (exact) mass is 245 g/mol. The summed E-state index contributed by atoms with van der Waals surface area (Å²) in [7, 11) is 0. The zero-order valence-corrected chi connectivity index (χ0v) is 8.29. The fourth-order valence-corrected chi connectivity index (χ4v) is 1.17. The maximum absolute atomic E-state index is 12.2. The standard InChI is InChI=1S/C8H6F3N5O/c9-8(10,11)3-15-7(17)2-1-6(14-15)16-5-12-4-13-16/h1-2,4-5H,3H2. The van der Waals surface area contributed by atoms with Crippen molar-refractivity contribution in [3.63, 3.8) is 0 Å². The second-order valence-electron chi connectivity index (χ2n) is 3.14. The summed E-state index contributed by atoms with van der Waals surface area (Å²) in [6.07, 6.45) is -2.02. The molecule has 0 N–H and O–H groups in total. The molecule has 2 rings (SSSR count). The van der Waals surface area contributed by atoms with Crippen molar-refractivity contribution in [1.82, 2.24) is 24.5 Å². The highest BCUT2D eigenvalue weighted by Crippen LogP contribution is 2.15. The SMILES string of the molecule is O=c1ccc(-n2cncn2)nn1CC(F)(F)F. The number of alkyl halides is 3. The van der Waals surface area contributed by atoms with Crippen LogP contribution in [0.15, 0.2) is 29.6 Å². The number of rotatable bonds is 2. The molecule has 0 aliphatic rings. The van der Waals surface area contributed by atoms with Crippen molar-refractivity contribution in [3.05, 3.63) is 35.1 Å². The molecule has 0 amide bonds. The van der Waals surface area contributed by atoms with Gasteiger partial charge in [0.2, 0.25) is 0 Å². The van der Waals surface area contributed by atoms with Gasteiger partial charge in [-0.15, -0.1) is 5.10 Å². The Morgan fingerprint density at radius 1 is 1.29 bits per heavy atom. The highest BCUT2D eigenvalue weighted by atomic mass is 19.4. The zero-order valence-electron chi connectivity index (χ0n) is 8.29. The van der Waals surface area contributed by atoms with E-state index in [1.54, 1.807) is 0 Å². The molecule has 0 spiro atoms. The van der Waals surface area contributed by atoms with E-state index >= 15 is 0 Å². The third-order valence-electron chi connectivity index (χ3n) is 1.84. The molecule has 90 valence electrons. The maximum atomic E-state index is 12.2. The molecule has 9 heteroatoms. The molecule has 0 fully saturated rings. The lowest BCUT2D eigenvalue weighted by molar-refractivity contribution is -0.143. The molecular weight excluding hydrogens is 239 g/mol. The van der Waals surface area contributed by atoms with Gasteiger partial charge in [-0.2, -0.15) is 18.3 Å². The van der Waals surface area contributed by atoms with Crippen LogP contribution in [-0.2, 0) is 6.54 Å². The van der Waals surface area contributed by atoms with Gasteiger partial charge in [-0.05, 0) is 6.07 Å².